The molecule has 0 bridgehead atoms. The number of hydrogen-bond acceptors (Lipinski definition) is 2. The van der Waals surface area contributed by atoms with Crippen LogP contribution in [0.25, 0.3) is 0 Å². The molecule has 0 aromatic carbocycles. The van der Waals surface area contributed by atoms with Crippen molar-refractivity contribution < 1.29 is 5.11 Å². The average molecular weight is 290 g/mol. The standard InChI is InChI=1S/C18H30N2O/c1-14-8-9-15(2)18(21,12-14)13-16-10-11-20(19-16)17-6-4-3-5-7-17/h10-11,14-15,17,21H,3-9,12-13H2,1-2H3. The van der Waals surface area contributed by atoms with Crippen LogP contribution in [0.3, 0.4) is 0 Å². The minimum Gasteiger partial charge on any atom is -0.389 e. The lowest BCUT2D eigenvalue weighted by Crippen LogP contribution is -2.43. The lowest BCUT2D eigenvalue weighted by Gasteiger charge is -2.40. The highest BCUT2D eigenvalue weighted by molar-refractivity contribution is 5.07. The molecular weight excluding hydrogens is 260 g/mol. The molecule has 3 atom stereocenters. The highest BCUT2D eigenvalue weighted by Gasteiger charge is 2.39. The fourth-order valence-electron chi connectivity index (χ4n) is 4.29. The first-order valence-corrected chi connectivity index (χ1v) is 8.83. The Labute approximate surface area is 128 Å². The predicted molar refractivity (Wildman–Crippen MR) is 85.2 cm³/mol. The third-order valence-electron chi connectivity index (χ3n) is 5.81. The maximum absolute atomic E-state index is 11.0. The summed E-state index contributed by atoms with van der Waals surface area (Å²) in [6.45, 7) is 4.46. The maximum Gasteiger partial charge on any atom is 0.0731 e. The summed E-state index contributed by atoms with van der Waals surface area (Å²) in [7, 11) is 0. The molecule has 3 rings (SSSR count). The number of rotatable bonds is 3. The summed E-state index contributed by atoms with van der Waals surface area (Å²) in [6.07, 6.45) is 12.7. The van der Waals surface area contributed by atoms with Crippen LogP contribution < -0.4 is 0 Å². The molecule has 2 aliphatic rings. The minimum atomic E-state index is -0.552. The second-order valence-corrected chi connectivity index (χ2v) is 7.65. The van der Waals surface area contributed by atoms with Gasteiger partial charge in [0.1, 0.15) is 0 Å². The Morgan fingerprint density at radius 2 is 1.95 bits per heavy atom. The van der Waals surface area contributed by atoms with E-state index < -0.39 is 5.60 Å². The molecule has 3 heteroatoms. The topological polar surface area (TPSA) is 38.0 Å². The van der Waals surface area contributed by atoms with Crippen LogP contribution in [-0.2, 0) is 6.42 Å². The Balaban J connectivity index is 1.68. The SMILES string of the molecule is CC1CCC(C)C(O)(Cc2ccn(C3CCCCC3)n2)C1. The summed E-state index contributed by atoms with van der Waals surface area (Å²) < 4.78 is 2.16. The van der Waals surface area contributed by atoms with E-state index in [4.69, 9.17) is 5.10 Å². The van der Waals surface area contributed by atoms with Gasteiger partial charge in [-0.3, -0.25) is 4.68 Å². The molecule has 3 nitrogen and oxygen atoms in total. The number of aromatic nitrogens is 2. The average Bonchev–Trinajstić information content (AvgIpc) is 2.92. The van der Waals surface area contributed by atoms with Gasteiger partial charge in [-0.25, -0.2) is 0 Å². The van der Waals surface area contributed by atoms with E-state index in [0.717, 1.165) is 25.0 Å². The van der Waals surface area contributed by atoms with Crippen LogP contribution in [0.4, 0.5) is 0 Å². The zero-order valence-corrected chi connectivity index (χ0v) is 13.6. The second kappa shape index (κ2) is 6.12. The first kappa shape index (κ1) is 15.1. The van der Waals surface area contributed by atoms with Crippen molar-refractivity contribution in [2.75, 3.05) is 0 Å². The van der Waals surface area contributed by atoms with Crippen LogP contribution in [0.5, 0.6) is 0 Å². The van der Waals surface area contributed by atoms with E-state index >= 15 is 0 Å². The van der Waals surface area contributed by atoms with Gasteiger partial charge < -0.3 is 5.11 Å². The molecule has 118 valence electrons. The molecule has 0 radical (unpaired) electrons. The quantitative estimate of drug-likeness (QED) is 0.909. The van der Waals surface area contributed by atoms with Gasteiger partial charge in [0.2, 0.25) is 0 Å². The number of hydrogen-bond donors (Lipinski definition) is 1. The number of aliphatic hydroxyl groups is 1. The molecule has 2 fully saturated rings. The van der Waals surface area contributed by atoms with Crippen molar-refractivity contribution in [3.05, 3.63) is 18.0 Å². The predicted octanol–water partition coefficient (Wildman–Crippen LogP) is 4.12. The van der Waals surface area contributed by atoms with E-state index in [1.54, 1.807) is 0 Å². The molecule has 2 saturated carbocycles. The van der Waals surface area contributed by atoms with Crippen molar-refractivity contribution >= 4 is 0 Å². The van der Waals surface area contributed by atoms with Crippen molar-refractivity contribution in [1.82, 2.24) is 9.78 Å². The Kier molecular flexibility index (Phi) is 4.39. The van der Waals surface area contributed by atoms with Gasteiger partial charge in [-0.15, -0.1) is 0 Å². The minimum absolute atomic E-state index is 0.383. The molecule has 0 aliphatic heterocycles. The monoisotopic (exact) mass is 290 g/mol. The lowest BCUT2D eigenvalue weighted by molar-refractivity contribution is -0.0567. The van der Waals surface area contributed by atoms with Gasteiger partial charge in [0.25, 0.3) is 0 Å². The molecule has 1 aromatic rings. The van der Waals surface area contributed by atoms with E-state index in [9.17, 15) is 5.11 Å². The van der Waals surface area contributed by atoms with E-state index in [1.807, 2.05) is 0 Å². The molecule has 0 spiro atoms. The summed E-state index contributed by atoms with van der Waals surface area (Å²) in [5, 5.41) is 15.8. The fraction of sp³-hybridized carbons (Fsp3) is 0.833. The van der Waals surface area contributed by atoms with Gasteiger partial charge in [0.05, 0.1) is 17.3 Å². The van der Waals surface area contributed by atoms with Crippen molar-refractivity contribution in [2.24, 2.45) is 11.8 Å². The third-order valence-corrected chi connectivity index (χ3v) is 5.81. The van der Waals surface area contributed by atoms with Crippen molar-refractivity contribution in [2.45, 2.75) is 83.3 Å². The highest BCUT2D eigenvalue weighted by atomic mass is 16.3. The molecule has 2 aliphatic carbocycles. The largest absolute Gasteiger partial charge is 0.389 e. The van der Waals surface area contributed by atoms with Crippen molar-refractivity contribution in [3.8, 4) is 0 Å². The molecule has 1 N–H and O–H groups in total. The summed E-state index contributed by atoms with van der Waals surface area (Å²) in [5.74, 6) is 1.01. The Morgan fingerprint density at radius 3 is 2.71 bits per heavy atom. The molecule has 0 saturated heterocycles. The maximum atomic E-state index is 11.0. The molecule has 3 unspecified atom stereocenters. The zero-order chi connectivity index (χ0) is 14.9. The van der Waals surface area contributed by atoms with E-state index in [1.165, 1.54) is 38.5 Å². The van der Waals surface area contributed by atoms with Gasteiger partial charge in [0, 0.05) is 12.6 Å². The molecule has 1 heterocycles. The summed E-state index contributed by atoms with van der Waals surface area (Å²) in [5.41, 5.74) is 0.521. The third kappa shape index (κ3) is 3.33. The summed E-state index contributed by atoms with van der Waals surface area (Å²) >= 11 is 0. The van der Waals surface area contributed by atoms with Gasteiger partial charge >= 0.3 is 0 Å². The van der Waals surface area contributed by atoms with Crippen LogP contribution >= 0.6 is 0 Å². The first-order valence-electron chi connectivity index (χ1n) is 8.83. The smallest absolute Gasteiger partial charge is 0.0731 e. The molecular formula is C18H30N2O. The number of nitrogens with zero attached hydrogens (tertiary/aromatic N) is 2. The van der Waals surface area contributed by atoms with Gasteiger partial charge in [-0.05, 0) is 43.6 Å². The summed E-state index contributed by atoms with van der Waals surface area (Å²) in [6, 6.07) is 2.71. The van der Waals surface area contributed by atoms with Crippen LogP contribution in [-0.4, -0.2) is 20.5 Å². The van der Waals surface area contributed by atoms with Crippen LogP contribution in [0.2, 0.25) is 0 Å². The van der Waals surface area contributed by atoms with Gasteiger partial charge in [0.15, 0.2) is 0 Å². The van der Waals surface area contributed by atoms with E-state index in [-0.39, 0.29) is 0 Å². The van der Waals surface area contributed by atoms with Crippen molar-refractivity contribution in [1.29, 1.82) is 0 Å². The second-order valence-electron chi connectivity index (χ2n) is 7.65. The highest BCUT2D eigenvalue weighted by Crippen LogP contribution is 2.39. The molecule has 1 aromatic heterocycles. The summed E-state index contributed by atoms with van der Waals surface area (Å²) in [4.78, 5) is 0. The van der Waals surface area contributed by atoms with Crippen LogP contribution in [0.1, 0.15) is 76.9 Å². The van der Waals surface area contributed by atoms with Gasteiger partial charge in [-0.1, -0.05) is 39.5 Å². The fourth-order valence-corrected chi connectivity index (χ4v) is 4.29. The first-order chi connectivity index (χ1) is 10.1. The van der Waals surface area contributed by atoms with E-state index in [2.05, 4.69) is 30.8 Å². The molecule has 21 heavy (non-hydrogen) atoms. The Bertz CT molecular complexity index is 464. The Morgan fingerprint density at radius 1 is 1.19 bits per heavy atom. The molecule has 0 amide bonds. The normalized spacial score (nSPS) is 35.0. The van der Waals surface area contributed by atoms with Gasteiger partial charge in [-0.2, -0.15) is 5.10 Å². The van der Waals surface area contributed by atoms with Crippen LogP contribution in [0, 0.1) is 11.8 Å². The zero-order valence-electron chi connectivity index (χ0n) is 13.6. The van der Waals surface area contributed by atoms with Crippen LogP contribution in [0.15, 0.2) is 12.3 Å². The lowest BCUT2D eigenvalue weighted by atomic mass is 9.70. The van der Waals surface area contributed by atoms with E-state index in [0.29, 0.717) is 17.9 Å². The van der Waals surface area contributed by atoms with Crippen molar-refractivity contribution in [3.63, 3.8) is 0 Å². The Hall–Kier alpha value is -0.830.